The van der Waals surface area contributed by atoms with Crippen molar-refractivity contribution < 1.29 is 80.2 Å². The van der Waals surface area contributed by atoms with E-state index < -0.39 is 97.5 Å². The van der Waals surface area contributed by atoms with Gasteiger partial charge in [-0.2, -0.15) is 0 Å². The molecule has 3 N–H and O–H groups in total. The van der Waals surface area contributed by atoms with Gasteiger partial charge in [-0.05, 0) is 43.4 Å². The van der Waals surface area contributed by atoms with Crippen molar-refractivity contribution >= 4 is 39.5 Å². The Morgan fingerprint density at radius 2 is 0.567 bits per heavy atom. The second kappa shape index (κ2) is 61.9. The molecule has 4 unspecified atom stereocenters. The molecule has 0 heterocycles. The van der Waals surface area contributed by atoms with Crippen molar-refractivity contribution in [3.05, 3.63) is 0 Å². The first kappa shape index (κ1) is 88.1. The number of hydrogen-bond acceptors (Lipinski definition) is 15. The molecule has 0 radical (unpaired) electrons. The number of phosphoric ester groups is 2. The fraction of sp³-hybridized carbons (Fsp3) is 0.944. The number of esters is 4. The van der Waals surface area contributed by atoms with E-state index in [4.69, 9.17) is 37.0 Å². The summed E-state index contributed by atoms with van der Waals surface area (Å²) in [6, 6.07) is 0. The summed E-state index contributed by atoms with van der Waals surface area (Å²) in [5.41, 5.74) is 0. The number of aliphatic hydroxyl groups is 1. The summed E-state index contributed by atoms with van der Waals surface area (Å²) in [5, 5.41) is 10.6. The summed E-state index contributed by atoms with van der Waals surface area (Å²) in [6.45, 7) is 11.8. The maximum absolute atomic E-state index is 13.0. The molecular weight excluding hydrogens is 1190 g/mol. The zero-order valence-corrected chi connectivity index (χ0v) is 60.4. The van der Waals surface area contributed by atoms with Gasteiger partial charge in [0.1, 0.15) is 19.3 Å². The highest BCUT2D eigenvalue weighted by Gasteiger charge is 2.30. The van der Waals surface area contributed by atoms with Crippen molar-refractivity contribution in [3.8, 4) is 0 Å². The minimum atomic E-state index is -4.95. The quantitative estimate of drug-likeness (QED) is 0.0222. The highest BCUT2D eigenvalue weighted by Crippen LogP contribution is 2.45. The zero-order valence-electron chi connectivity index (χ0n) is 58.6. The van der Waals surface area contributed by atoms with Gasteiger partial charge in [-0.3, -0.25) is 37.3 Å². The van der Waals surface area contributed by atoms with Crippen LogP contribution in [0.5, 0.6) is 0 Å². The highest BCUT2D eigenvalue weighted by molar-refractivity contribution is 7.47. The first-order valence-corrected chi connectivity index (χ1v) is 39.9. The van der Waals surface area contributed by atoms with Crippen molar-refractivity contribution in [1.82, 2.24) is 0 Å². The van der Waals surface area contributed by atoms with Gasteiger partial charge in [0.05, 0.1) is 26.4 Å². The minimum absolute atomic E-state index is 0.106. The van der Waals surface area contributed by atoms with E-state index in [1.807, 2.05) is 0 Å². The summed E-state index contributed by atoms with van der Waals surface area (Å²) in [5.74, 6) is 0.181. The molecule has 534 valence electrons. The summed E-state index contributed by atoms with van der Waals surface area (Å²) in [4.78, 5) is 72.6. The summed E-state index contributed by atoms with van der Waals surface area (Å²) >= 11 is 0. The van der Waals surface area contributed by atoms with Crippen molar-refractivity contribution in [3.63, 3.8) is 0 Å². The average molecular weight is 1330 g/mol. The Kier molecular flexibility index (Phi) is 60.6. The molecule has 0 aliphatic rings. The van der Waals surface area contributed by atoms with E-state index in [9.17, 15) is 43.2 Å². The number of ether oxygens (including phenoxy) is 4. The molecule has 0 aromatic carbocycles. The summed E-state index contributed by atoms with van der Waals surface area (Å²) < 4.78 is 68.3. The normalized spacial score (nSPS) is 14.8. The lowest BCUT2D eigenvalue weighted by molar-refractivity contribution is -0.161. The molecule has 0 bridgehead atoms. The van der Waals surface area contributed by atoms with E-state index >= 15 is 0 Å². The Morgan fingerprint density at radius 3 is 0.844 bits per heavy atom. The predicted octanol–water partition coefficient (Wildman–Crippen LogP) is 20.2. The average Bonchev–Trinajstić information content (AvgIpc) is 2.59. The van der Waals surface area contributed by atoms with Gasteiger partial charge in [0.25, 0.3) is 0 Å². The van der Waals surface area contributed by atoms with E-state index in [1.165, 1.54) is 161 Å². The Bertz CT molecular complexity index is 1770. The van der Waals surface area contributed by atoms with E-state index in [2.05, 4.69) is 48.5 Å². The molecule has 0 saturated heterocycles. The van der Waals surface area contributed by atoms with Crippen molar-refractivity contribution in [2.45, 2.75) is 375 Å². The molecule has 0 saturated carbocycles. The number of carbonyl (C=O) groups excluding carboxylic acids is 4. The molecule has 17 nitrogen and oxygen atoms in total. The molecule has 19 heteroatoms. The number of phosphoric acid groups is 2. The number of unbranched alkanes of at least 4 members (excludes halogenated alkanes) is 35. The molecule has 0 amide bonds. The van der Waals surface area contributed by atoms with Crippen LogP contribution in [0.15, 0.2) is 0 Å². The van der Waals surface area contributed by atoms with Crippen LogP contribution in [0, 0.1) is 17.8 Å². The second-order valence-corrected chi connectivity index (χ2v) is 29.5. The highest BCUT2D eigenvalue weighted by atomic mass is 31.2. The van der Waals surface area contributed by atoms with Crippen LogP contribution in [-0.2, 0) is 65.4 Å². The fourth-order valence-electron chi connectivity index (χ4n) is 10.7. The molecular formula is C71H138O17P2. The third-order valence-electron chi connectivity index (χ3n) is 17.1. The van der Waals surface area contributed by atoms with Gasteiger partial charge in [-0.15, -0.1) is 0 Å². The molecule has 90 heavy (non-hydrogen) atoms. The molecule has 7 atom stereocenters. The third kappa shape index (κ3) is 62.2. The summed E-state index contributed by atoms with van der Waals surface area (Å²) in [6.07, 6.45) is 45.6. The molecule has 0 aromatic heterocycles. The molecule has 0 aliphatic carbocycles. The van der Waals surface area contributed by atoms with Gasteiger partial charge >= 0.3 is 39.5 Å². The van der Waals surface area contributed by atoms with E-state index in [1.54, 1.807) is 0 Å². The zero-order chi connectivity index (χ0) is 66.6. The smallest absolute Gasteiger partial charge is 0.462 e. The lowest BCUT2D eigenvalue weighted by atomic mass is 9.99. The van der Waals surface area contributed by atoms with Crippen LogP contribution in [-0.4, -0.2) is 96.7 Å². The molecule has 0 aromatic rings. The topological polar surface area (TPSA) is 237 Å². The third-order valence-corrected chi connectivity index (χ3v) is 19.0. The summed E-state index contributed by atoms with van der Waals surface area (Å²) in [7, 11) is -9.90. The maximum atomic E-state index is 13.0. The van der Waals surface area contributed by atoms with Crippen LogP contribution < -0.4 is 0 Å². The largest absolute Gasteiger partial charge is 0.472 e. The lowest BCUT2D eigenvalue weighted by Gasteiger charge is -2.21. The minimum Gasteiger partial charge on any atom is -0.462 e. The Balaban J connectivity index is 5.27. The van der Waals surface area contributed by atoms with Gasteiger partial charge in [-0.25, -0.2) is 9.13 Å². The first-order valence-electron chi connectivity index (χ1n) is 36.9. The maximum Gasteiger partial charge on any atom is 0.472 e. The van der Waals surface area contributed by atoms with E-state index in [0.717, 1.165) is 114 Å². The second-order valence-electron chi connectivity index (χ2n) is 26.6. The first-order chi connectivity index (χ1) is 43.3. The molecule has 0 fully saturated rings. The number of aliphatic hydroxyl groups excluding tert-OH is 1. The van der Waals surface area contributed by atoms with Gasteiger partial charge < -0.3 is 33.8 Å². The number of hydrogen-bond donors (Lipinski definition) is 3. The SMILES string of the molecule is CCCCCCCCCCCCCCC(=O)O[C@H](COC(=O)CCCCCCCCC(C)CC)COP(=O)(O)OC[C@H](O)COP(=O)(O)OC[C@@H](COC(=O)CCCCCCCCCCCCC(C)CC)OC(=O)CCCCCCCCCCCCCC(C)C. The monoisotopic (exact) mass is 1320 g/mol. The van der Waals surface area contributed by atoms with Gasteiger partial charge in [0, 0.05) is 25.7 Å². The molecule has 0 rings (SSSR count). The van der Waals surface area contributed by atoms with Crippen molar-refractivity contribution in [2.24, 2.45) is 17.8 Å². The Labute approximate surface area is 549 Å². The van der Waals surface area contributed by atoms with Crippen molar-refractivity contribution in [1.29, 1.82) is 0 Å². The molecule has 0 aliphatic heterocycles. The Morgan fingerprint density at radius 1 is 0.322 bits per heavy atom. The predicted molar refractivity (Wildman–Crippen MR) is 363 cm³/mol. The van der Waals surface area contributed by atoms with E-state index in [-0.39, 0.29) is 25.7 Å². The van der Waals surface area contributed by atoms with Crippen molar-refractivity contribution in [2.75, 3.05) is 39.6 Å². The van der Waals surface area contributed by atoms with Gasteiger partial charge in [-0.1, -0.05) is 305 Å². The fourth-order valence-corrected chi connectivity index (χ4v) is 12.2. The van der Waals surface area contributed by atoms with Crippen LogP contribution in [0.4, 0.5) is 0 Å². The standard InChI is InChI=1S/C71H138O17P2/c1-8-11-12-13-14-15-16-19-26-31-40-47-54-70(75)88-67(59-82-69(74)53-46-39-34-33-37-44-51-64(7)10-3)61-86-90(79,80)84-57-65(72)56-83-89(77,78)85-60-66(87-71(76)55-48-41-32-27-20-17-18-23-28-35-42-49-62(4)5)58-81-68(73)52-45-38-30-25-22-21-24-29-36-43-50-63(6)9-2/h62-67,72H,8-61H2,1-7H3,(H,77,78)(H,79,80)/t63?,64?,65-,66-,67-/m1/s1. The van der Waals surface area contributed by atoms with Gasteiger partial charge in [0.2, 0.25) is 0 Å². The number of carbonyl (C=O) groups is 4. The van der Waals surface area contributed by atoms with Crippen LogP contribution in [0.2, 0.25) is 0 Å². The number of rotatable bonds is 69. The van der Waals surface area contributed by atoms with Crippen LogP contribution in [0.3, 0.4) is 0 Å². The van der Waals surface area contributed by atoms with Gasteiger partial charge in [0.15, 0.2) is 12.2 Å². The van der Waals surface area contributed by atoms with Crippen LogP contribution >= 0.6 is 15.6 Å². The lowest BCUT2D eigenvalue weighted by Crippen LogP contribution is -2.30. The Hall–Kier alpha value is -1.94. The molecule has 0 spiro atoms. The van der Waals surface area contributed by atoms with Crippen LogP contribution in [0.1, 0.15) is 357 Å². The van der Waals surface area contributed by atoms with E-state index in [0.29, 0.717) is 25.7 Å². The van der Waals surface area contributed by atoms with Crippen LogP contribution in [0.25, 0.3) is 0 Å².